The van der Waals surface area contributed by atoms with Gasteiger partial charge in [-0.1, -0.05) is 0 Å². The Balaban J connectivity index is 5.12. The lowest BCUT2D eigenvalue weighted by molar-refractivity contribution is -0.142. The first-order valence-corrected chi connectivity index (χ1v) is 10.1. The Hall–Kier alpha value is -2.38. The number of amides is 3. The Morgan fingerprint density at radius 3 is 1.87 bits per heavy atom. The van der Waals surface area contributed by atoms with Crippen molar-refractivity contribution in [3.8, 4) is 0 Å². The van der Waals surface area contributed by atoms with E-state index in [2.05, 4.69) is 28.6 Å². The molecule has 0 heterocycles. The SMILES string of the molecule is CC(N)C(=O)NC(CCC(=O)O)C(=O)NC(CS)C(=O)NC(CCCCN)C(=O)O. The maximum atomic E-state index is 12.5. The van der Waals surface area contributed by atoms with E-state index in [1.165, 1.54) is 6.92 Å². The predicted octanol–water partition coefficient (Wildman–Crippen LogP) is -2.20. The third kappa shape index (κ3) is 11.0. The highest BCUT2D eigenvalue weighted by atomic mass is 32.1. The Morgan fingerprint density at radius 1 is 0.867 bits per heavy atom. The summed E-state index contributed by atoms with van der Waals surface area (Å²) in [6, 6.07) is -4.53. The summed E-state index contributed by atoms with van der Waals surface area (Å²) in [6.07, 6.45) is 0.620. The van der Waals surface area contributed by atoms with Crippen LogP contribution in [0.3, 0.4) is 0 Å². The van der Waals surface area contributed by atoms with Gasteiger partial charge in [-0.25, -0.2) is 4.79 Å². The monoisotopic (exact) mass is 449 g/mol. The largest absolute Gasteiger partial charge is 0.481 e. The Morgan fingerprint density at radius 2 is 1.40 bits per heavy atom. The summed E-state index contributed by atoms with van der Waals surface area (Å²) in [5, 5.41) is 25.1. The van der Waals surface area contributed by atoms with E-state index in [1.54, 1.807) is 0 Å². The molecule has 0 aliphatic heterocycles. The van der Waals surface area contributed by atoms with Gasteiger partial charge in [-0.05, 0) is 39.2 Å². The van der Waals surface area contributed by atoms with Gasteiger partial charge in [-0.3, -0.25) is 19.2 Å². The van der Waals surface area contributed by atoms with Crippen molar-refractivity contribution in [2.24, 2.45) is 11.5 Å². The molecule has 0 spiro atoms. The highest BCUT2D eigenvalue weighted by Crippen LogP contribution is 2.04. The number of carbonyl (C=O) groups is 5. The number of rotatable bonds is 15. The first kappa shape index (κ1) is 27.6. The van der Waals surface area contributed by atoms with Crippen LogP contribution < -0.4 is 27.4 Å². The number of carboxylic acids is 2. The number of nitrogens with two attached hydrogens (primary N) is 2. The van der Waals surface area contributed by atoms with Crippen LogP contribution in [0.25, 0.3) is 0 Å². The second kappa shape index (κ2) is 14.6. The summed E-state index contributed by atoms with van der Waals surface area (Å²) in [6.45, 7) is 1.78. The molecule has 13 heteroatoms. The van der Waals surface area contributed by atoms with Crippen LogP contribution in [0.15, 0.2) is 0 Å². The van der Waals surface area contributed by atoms with Gasteiger partial charge in [-0.15, -0.1) is 0 Å². The minimum Gasteiger partial charge on any atom is -0.481 e. The van der Waals surface area contributed by atoms with Gasteiger partial charge in [0.1, 0.15) is 18.1 Å². The number of carboxylic acid groups (broad SMARTS) is 2. The fraction of sp³-hybridized carbons (Fsp3) is 0.706. The van der Waals surface area contributed by atoms with E-state index < -0.39 is 60.2 Å². The highest BCUT2D eigenvalue weighted by Gasteiger charge is 2.29. The molecule has 4 unspecified atom stereocenters. The zero-order valence-electron chi connectivity index (χ0n) is 16.8. The maximum Gasteiger partial charge on any atom is 0.326 e. The van der Waals surface area contributed by atoms with Gasteiger partial charge in [0.2, 0.25) is 17.7 Å². The summed E-state index contributed by atoms with van der Waals surface area (Å²) in [4.78, 5) is 58.9. The molecule has 3 amide bonds. The average molecular weight is 450 g/mol. The van der Waals surface area contributed by atoms with Gasteiger partial charge < -0.3 is 37.6 Å². The van der Waals surface area contributed by atoms with Crippen molar-refractivity contribution in [3.05, 3.63) is 0 Å². The van der Waals surface area contributed by atoms with E-state index in [9.17, 15) is 29.1 Å². The summed E-state index contributed by atoms with van der Waals surface area (Å²) in [5.74, 6) is -4.80. The number of unbranched alkanes of at least 4 members (excludes halogenated alkanes) is 1. The zero-order valence-corrected chi connectivity index (χ0v) is 17.7. The second-order valence-electron chi connectivity index (χ2n) is 6.71. The summed E-state index contributed by atoms with van der Waals surface area (Å²) in [7, 11) is 0. The van der Waals surface area contributed by atoms with Gasteiger partial charge in [-0.2, -0.15) is 12.6 Å². The van der Waals surface area contributed by atoms with Crippen molar-refractivity contribution in [2.75, 3.05) is 12.3 Å². The van der Waals surface area contributed by atoms with Crippen LogP contribution in [0.5, 0.6) is 0 Å². The third-order valence-corrected chi connectivity index (χ3v) is 4.44. The average Bonchev–Trinajstić information content (AvgIpc) is 2.67. The second-order valence-corrected chi connectivity index (χ2v) is 7.08. The summed E-state index contributed by atoms with van der Waals surface area (Å²) < 4.78 is 0. The summed E-state index contributed by atoms with van der Waals surface area (Å²) >= 11 is 4.00. The lowest BCUT2D eigenvalue weighted by Crippen LogP contribution is -2.57. The molecule has 0 aliphatic rings. The lowest BCUT2D eigenvalue weighted by atomic mass is 10.1. The zero-order chi connectivity index (χ0) is 23.3. The van der Waals surface area contributed by atoms with Crippen molar-refractivity contribution in [2.45, 2.75) is 63.2 Å². The van der Waals surface area contributed by atoms with Crippen molar-refractivity contribution in [1.82, 2.24) is 16.0 Å². The number of hydrogen-bond acceptors (Lipinski definition) is 8. The molecule has 0 saturated heterocycles. The van der Waals surface area contributed by atoms with E-state index in [-0.39, 0.29) is 18.6 Å². The molecule has 0 aromatic heterocycles. The molecule has 0 fully saturated rings. The van der Waals surface area contributed by atoms with Crippen LogP contribution in [0.1, 0.15) is 39.0 Å². The molecule has 0 aromatic carbocycles. The third-order valence-electron chi connectivity index (χ3n) is 4.07. The molecule has 172 valence electrons. The van der Waals surface area contributed by atoms with E-state index in [0.717, 1.165) is 0 Å². The fourth-order valence-corrected chi connectivity index (χ4v) is 2.59. The number of thiol groups is 1. The molecular formula is C17H31N5O7S. The van der Waals surface area contributed by atoms with E-state index >= 15 is 0 Å². The van der Waals surface area contributed by atoms with Crippen LogP contribution in [0.2, 0.25) is 0 Å². The van der Waals surface area contributed by atoms with Gasteiger partial charge in [0.25, 0.3) is 0 Å². The number of hydrogen-bond donors (Lipinski definition) is 8. The molecule has 0 rings (SSSR count). The van der Waals surface area contributed by atoms with E-state index in [1.807, 2.05) is 0 Å². The Labute approximate surface area is 179 Å². The van der Waals surface area contributed by atoms with Crippen molar-refractivity contribution in [1.29, 1.82) is 0 Å². The number of carbonyl (C=O) groups excluding carboxylic acids is 3. The van der Waals surface area contributed by atoms with Crippen LogP contribution >= 0.6 is 12.6 Å². The molecule has 0 bridgehead atoms. The van der Waals surface area contributed by atoms with Gasteiger partial charge >= 0.3 is 11.9 Å². The molecule has 4 atom stereocenters. The predicted molar refractivity (Wildman–Crippen MR) is 111 cm³/mol. The summed E-state index contributed by atoms with van der Waals surface area (Å²) in [5.41, 5.74) is 10.8. The fourth-order valence-electron chi connectivity index (χ4n) is 2.33. The molecular weight excluding hydrogens is 418 g/mol. The smallest absolute Gasteiger partial charge is 0.326 e. The standard InChI is InChI=1S/C17H31N5O7S/c1-9(19)14(25)20-10(5-6-13(23)24)15(26)22-12(8-30)16(27)21-11(17(28)29)4-2-3-7-18/h9-12,30H,2-8,18-19H2,1H3,(H,20,25)(H,21,27)(H,22,26)(H,23,24)(H,28,29). The molecule has 0 radical (unpaired) electrons. The lowest BCUT2D eigenvalue weighted by Gasteiger charge is -2.24. The van der Waals surface area contributed by atoms with Gasteiger partial charge in [0.05, 0.1) is 6.04 Å². The first-order chi connectivity index (χ1) is 14.0. The van der Waals surface area contributed by atoms with Crippen LogP contribution in [0.4, 0.5) is 0 Å². The first-order valence-electron chi connectivity index (χ1n) is 9.45. The quantitative estimate of drug-likeness (QED) is 0.100. The molecule has 30 heavy (non-hydrogen) atoms. The van der Waals surface area contributed by atoms with E-state index in [4.69, 9.17) is 16.6 Å². The Kier molecular flexibility index (Phi) is 13.4. The topological polar surface area (TPSA) is 214 Å². The maximum absolute atomic E-state index is 12.5. The van der Waals surface area contributed by atoms with Crippen LogP contribution in [0, 0.1) is 0 Å². The van der Waals surface area contributed by atoms with Crippen molar-refractivity contribution in [3.63, 3.8) is 0 Å². The molecule has 0 saturated carbocycles. The van der Waals surface area contributed by atoms with Crippen LogP contribution in [-0.2, 0) is 24.0 Å². The van der Waals surface area contributed by atoms with Crippen molar-refractivity contribution < 1.29 is 34.2 Å². The van der Waals surface area contributed by atoms with Crippen LogP contribution in [-0.4, -0.2) is 76.3 Å². The molecule has 0 aromatic rings. The van der Waals surface area contributed by atoms with Crippen molar-refractivity contribution >= 4 is 42.3 Å². The number of aliphatic carboxylic acids is 2. The highest BCUT2D eigenvalue weighted by molar-refractivity contribution is 7.80. The van der Waals surface area contributed by atoms with Gasteiger partial charge in [0.15, 0.2) is 0 Å². The molecule has 9 N–H and O–H groups in total. The minimum atomic E-state index is -1.24. The minimum absolute atomic E-state index is 0.153. The van der Waals surface area contributed by atoms with E-state index in [0.29, 0.717) is 19.4 Å². The number of nitrogens with one attached hydrogen (secondary N) is 3. The normalized spacial score (nSPS) is 14.7. The van der Waals surface area contributed by atoms with Gasteiger partial charge in [0, 0.05) is 12.2 Å². The molecule has 0 aliphatic carbocycles. The molecule has 12 nitrogen and oxygen atoms in total. The Bertz CT molecular complexity index is 617.